The van der Waals surface area contributed by atoms with Gasteiger partial charge in [-0.2, -0.15) is 0 Å². The Hall–Kier alpha value is -1.34. The van der Waals surface area contributed by atoms with Crippen LogP contribution < -0.4 is 0 Å². The van der Waals surface area contributed by atoms with Gasteiger partial charge >= 0.3 is 0 Å². The molecule has 1 heterocycles. The van der Waals surface area contributed by atoms with Crippen LogP contribution in [0.25, 0.3) is 11.1 Å². The molecule has 0 aliphatic heterocycles. The summed E-state index contributed by atoms with van der Waals surface area (Å²) in [5, 5.41) is 0. The van der Waals surface area contributed by atoms with Crippen molar-refractivity contribution < 1.29 is 0 Å². The van der Waals surface area contributed by atoms with Gasteiger partial charge in [-0.25, -0.2) is 0 Å². The van der Waals surface area contributed by atoms with E-state index in [1.807, 2.05) is 24.5 Å². The number of benzene rings is 1. The molecule has 2 aromatic rings. The highest BCUT2D eigenvalue weighted by Crippen LogP contribution is 2.21. The average Bonchev–Trinajstić information content (AvgIpc) is 2.20. The van der Waals surface area contributed by atoms with Crippen LogP contribution in [0.5, 0.6) is 0 Å². The third-order valence-corrected chi connectivity index (χ3v) is 2.14. The largest absolute Gasteiger partial charge is 0.265 e. The standard InChI is InChI=1S/C12H11N.ClH/c1-10-4-2-3-5-12(10)11-6-8-13-9-7-11;/h2-9H,1H3;1H. The van der Waals surface area contributed by atoms with Crippen molar-refractivity contribution in [1.29, 1.82) is 0 Å². The summed E-state index contributed by atoms with van der Waals surface area (Å²) in [5.41, 5.74) is 3.81. The lowest BCUT2D eigenvalue weighted by Crippen LogP contribution is -1.81. The number of aromatic nitrogens is 1. The van der Waals surface area contributed by atoms with Gasteiger partial charge in [-0.1, -0.05) is 24.3 Å². The Morgan fingerprint density at radius 2 is 1.57 bits per heavy atom. The summed E-state index contributed by atoms with van der Waals surface area (Å²) in [6, 6.07) is 12.4. The second-order valence-electron chi connectivity index (χ2n) is 3.05. The minimum absolute atomic E-state index is 0. The van der Waals surface area contributed by atoms with E-state index < -0.39 is 0 Å². The van der Waals surface area contributed by atoms with Crippen LogP contribution in [0.4, 0.5) is 0 Å². The first-order valence-electron chi connectivity index (χ1n) is 4.34. The lowest BCUT2D eigenvalue weighted by molar-refractivity contribution is 1.32. The van der Waals surface area contributed by atoms with Crippen LogP contribution in [0.2, 0.25) is 0 Å². The molecule has 0 amide bonds. The van der Waals surface area contributed by atoms with Crippen LogP contribution in [-0.4, -0.2) is 4.98 Å². The van der Waals surface area contributed by atoms with E-state index >= 15 is 0 Å². The summed E-state index contributed by atoms with van der Waals surface area (Å²) in [6.07, 6.45) is 3.64. The van der Waals surface area contributed by atoms with Crippen LogP contribution in [0.3, 0.4) is 0 Å². The van der Waals surface area contributed by atoms with Crippen molar-refractivity contribution in [3.05, 3.63) is 54.4 Å². The number of aryl methyl sites for hydroxylation is 1. The van der Waals surface area contributed by atoms with E-state index in [9.17, 15) is 0 Å². The highest BCUT2D eigenvalue weighted by Gasteiger charge is 1.98. The summed E-state index contributed by atoms with van der Waals surface area (Å²) >= 11 is 0. The summed E-state index contributed by atoms with van der Waals surface area (Å²) in [6.45, 7) is 2.12. The molecule has 1 aromatic heterocycles. The monoisotopic (exact) mass is 205 g/mol. The SMILES string of the molecule is Cc1ccccc1-c1ccncc1.Cl. The topological polar surface area (TPSA) is 12.9 Å². The van der Waals surface area contributed by atoms with Crippen molar-refractivity contribution in [3.63, 3.8) is 0 Å². The number of hydrogen-bond donors (Lipinski definition) is 0. The number of rotatable bonds is 1. The normalized spacial score (nSPS) is 9.21. The van der Waals surface area contributed by atoms with Gasteiger partial charge in [0.2, 0.25) is 0 Å². The van der Waals surface area contributed by atoms with E-state index in [-0.39, 0.29) is 12.4 Å². The molecular weight excluding hydrogens is 194 g/mol. The fraction of sp³-hybridized carbons (Fsp3) is 0.0833. The summed E-state index contributed by atoms with van der Waals surface area (Å²) in [7, 11) is 0. The van der Waals surface area contributed by atoms with E-state index in [1.54, 1.807) is 0 Å². The number of hydrogen-bond acceptors (Lipinski definition) is 1. The predicted molar refractivity (Wildman–Crippen MR) is 61.7 cm³/mol. The van der Waals surface area contributed by atoms with Gasteiger partial charge in [0.1, 0.15) is 0 Å². The van der Waals surface area contributed by atoms with Crippen LogP contribution >= 0.6 is 12.4 Å². The van der Waals surface area contributed by atoms with Gasteiger partial charge in [-0.3, -0.25) is 4.98 Å². The molecule has 0 saturated heterocycles. The summed E-state index contributed by atoms with van der Waals surface area (Å²) in [5.74, 6) is 0. The lowest BCUT2D eigenvalue weighted by atomic mass is 10.0. The highest BCUT2D eigenvalue weighted by atomic mass is 35.5. The number of pyridine rings is 1. The average molecular weight is 206 g/mol. The van der Waals surface area contributed by atoms with Crippen molar-refractivity contribution in [3.8, 4) is 11.1 Å². The maximum absolute atomic E-state index is 4.00. The van der Waals surface area contributed by atoms with Crippen LogP contribution in [0.1, 0.15) is 5.56 Å². The van der Waals surface area contributed by atoms with Gasteiger partial charge in [0.05, 0.1) is 0 Å². The molecule has 0 aliphatic rings. The Bertz CT molecular complexity index is 398. The van der Waals surface area contributed by atoms with E-state index in [1.165, 1.54) is 16.7 Å². The molecular formula is C12H12ClN. The molecule has 0 aliphatic carbocycles. The Kier molecular flexibility index (Phi) is 3.66. The number of halogens is 1. The fourth-order valence-electron chi connectivity index (χ4n) is 1.43. The first-order valence-corrected chi connectivity index (χ1v) is 4.34. The second-order valence-corrected chi connectivity index (χ2v) is 3.05. The van der Waals surface area contributed by atoms with Gasteiger partial charge in [0.25, 0.3) is 0 Å². The zero-order chi connectivity index (χ0) is 9.10. The molecule has 0 N–H and O–H groups in total. The molecule has 0 radical (unpaired) electrons. The second kappa shape index (κ2) is 4.77. The van der Waals surface area contributed by atoms with Gasteiger partial charge in [-0.05, 0) is 35.7 Å². The zero-order valence-electron chi connectivity index (χ0n) is 7.97. The molecule has 0 atom stereocenters. The first kappa shape index (κ1) is 10.7. The van der Waals surface area contributed by atoms with E-state index in [0.717, 1.165) is 0 Å². The van der Waals surface area contributed by atoms with Crippen LogP contribution in [0, 0.1) is 6.92 Å². The van der Waals surface area contributed by atoms with E-state index in [0.29, 0.717) is 0 Å². The van der Waals surface area contributed by atoms with Crippen molar-refractivity contribution in [2.45, 2.75) is 6.92 Å². The van der Waals surface area contributed by atoms with Gasteiger partial charge in [0.15, 0.2) is 0 Å². The molecule has 14 heavy (non-hydrogen) atoms. The fourth-order valence-corrected chi connectivity index (χ4v) is 1.43. The Morgan fingerprint density at radius 3 is 2.21 bits per heavy atom. The van der Waals surface area contributed by atoms with E-state index in [4.69, 9.17) is 0 Å². The van der Waals surface area contributed by atoms with Crippen molar-refractivity contribution in [1.82, 2.24) is 4.98 Å². The summed E-state index contributed by atoms with van der Waals surface area (Å²) < 4.78 is 0. The Balaban J connectivity index is 0.000000980. The molecule has 1 nitrogen and oxygen atoms in total. The molecule has 0 saturated carbocycles. The first-order chi connectivity index (χ1) is 6.38. The van der Waals surface area contributed by atoms with Crippen molar-refractivity contribution in [2.24, 2.45) is 0 Å². The quantitative estimate of drug-likeness (QED) is 0.695. The maximum atomic E-state index is 4.00. The lowest BCUT2D eigenvalue weighted by Gasteiger charge is -2.03. The highest BCUT2D eigenvalue weighted by molar-refractivity contribution is 5.85. The third-order valence-electron chi connectivity index (χ3n) is 2.14. The molecule has 2 rings (SSSR count). The molecule has 0 spiro atoms. The van der Waals surface area contributed by atoms with Gasteiger partial charge < -0.3 is 0 Å². The van der Waals surface area contributed by atoms with Crippen LogP contribution in [-0.2, 0) is 0 Å². The predicted octanol–water partition coefficient (Wildman–Crippen LogP) is 3.48. The number of nitrogens with zero attached hydrogens (tertiary/aromatic N) is 1. The molecule has 0 fully saturated rings. The molecule has 2 heteroatoms. The van der Waals surface area contributed by atoms with E-state index in [2.05, 4.69) is 36.2 Å². The molecule has 0 bridgehead atoms. The van der Waals surface area contributed by atoms with Gasteiger partial charge in [-0.15, -0.1) is 12.4 Å². The smallest absolute Gasteiger partial charge is 0.0273 e. The molecule has 72 valence electrons. The zero-order valence-corrected chi connectivity index (χ0v) is 8.79. The summed E-state index contributed by atoms with van der Waals surface area (Å²) in [4.78, 5) is 4.00. The minimum atomic E-state index is 0. The molecule has 1 aromatic carbocycles. The minimum Gasteiger partial charge on any atom is -0.265 e. The Labute approximate surface area is 90.2 Å². The maximum Gasteiger partial charge on any atom is 0.0273 e. The van der Waals surface area contributed by atoms with Crippen LogP contribution in [0.15, 0.2) is 48.8 Å². The Morgan fingerprint density at radius 1 is 0.929 bits per heavy atom. The molecule has 0 unspecified atom stereocenters. The van der Waals surface area contributed by atoms with Crippen molar-refractivity contribution in [2.75, 3.05) is 0 Å². The van der Waals surface area contributed by atoms with Crippen molar-refractivity contribution >= 4 is 12.4 Å². The van der Waals surface area contributed by atoms with Gasteiger partial charge in [0, 0.05) is 12.4 Å². The third kappa shape index (κ3) is 2.12.